The normalized spacial score (nSPS) is 16.3. The molecule has 0 aliphatic heterocycles. The predicted molar refractivity (Wildman–Crippen MR) is 94.7 cm³/mol. The molecule has 142 valence electrons. The molecule has 1 fully saturated rings. The zero-order valence-corrected chi connectivity index (χ0v) is 14.6. The average molecular weight is 376 g/mol. The van der Waals surface area contributed by atoms with Crippen molar-refractivity contribution in [2.75, 3.05) is 5.32 Å². The first-order chi connectivity index (χ1) is 12.7. The van der Waals surface area contributed by atoms with Crippen molar-refractivity contribution < 1.29 is 22.8 Å². The van der Waals surface area contributed by atoms with E-state index in [4.69, 9.17) is 0 Å². The van der Waals surface area contributed by atoms with Crippen molar-refractivity contribution in [1.29, 1.82) is 0 Å². The minimum Gasteiger partial charge on any atom is -0.349 e. The Hall–Kier alpha value is -2.83. The number of halogens is 3. The summed E-state index contributed by atoms with van der Waals surface area (Å²) in [6, 6.07) is 13.3. The molecular weight excluding hydrogens is 357 g/mol. The smallest absolute Gasteiger partial charge is 0.349 e. The molecule has 2 amide bonds. The van der Waals surface area contributed by atoms with Crippen LogP contribution in [0, 0.1) is 5.41 Å². The van der Waals surface area contributed by atoms with Crippen LogP contribution < -0.4 is 10.6 Å². The number of carbonyl (C=O) groups excluding carboxylic acids is 2. The molecule has 0 heterocycles. The Labute approximate surface area is 154 Å². The van der Waals surface area contributed by atoms with Crippen molar-refractivity contribution in [3.8, 4) is 0 Å². The van der Waals surface area contributed by atoms with Crippen LogP contribution >= 0.6 is 0 Å². The zero-order valence-electron chi connectivity index (χ0n) is 14.6. The lowest BCUT2D eigenvalue weighted by Crippen LogP contribution is -2.41. The Morgan fingerprint density at radius 2 is 1.56 bits per heavy atom. The largest absolute Gasteiger partial charge is 0.416 e. The van der Waals surface area contributed by atoms with E-state index in [1.165, 1.54) is 12.1 Å². The van der Waals surface area contributed by atoms with Crippen LogP contribution in [0.25, 0.3) is 0 Å². The van der Waals surface area contributed by atoms with Crippen LogP contribution in [-0.2, 0) is 15.8 Å². The van der Waals surface area contributed by atoms with Gasteiger partial charge in [0.15, 0.2) is 0 Å². The Morgan fingerprint density at radius 3 is 2.07 bits per heavy atom. The van der Waals surface area contributed by atoms with Gasteiger partial charge in [0.2, 0.25) is 11.8 Å². The van der Waals surface area contributed by atoms with E-state index in [2.05, 4.69) is 10.6 Å². The first kappa shape index (κ1) is 18.9. The van der Waals surface area contributed by atoms with Crippen LogP contribution in [0.3, 0.4) is 0 Å². The van der Waals surface area contributed by atoms with Crippen molar-refractivity contribution >= 4 is 17.5 Å². The molecule has 27 heavy (non-hydrogen) atoms. The number of hydrogen-bond acceptors (Lipinski definition) is 2. The summed E-state index contributed by atoms with van der Waals surface area (Å²) in [6.45, 7) is 1.83. The van der Waals surface area contributed by atoms with Gasteiger partial charge in [-0.15, -0.1) is 0 Å². The molecule has 1 aliphatic rings. The summed E-state index contributed by atoms with van der Waals surface area (Å²) in [7, 11) is 0. The summed E-state index contributed by atoms with van der Waals surface area (Å²) in [5.74, 6) is -0.872. The van der Waals surface area contributed by atoms with Gasteiger partial charge in [-0.25, -0.2) is 0 Å². The highest BCUT2D eigenvalue weighted by Crippen LogP contribution is 2.47. The third-order valence-corrected chi connectivity index (χ3v) is 4.74. The van der Waals surface area contributed by atoms with Crippen molar-refractivity contribution in [2.45, 2.75) is 32.0 Å². The van der Waals surface area contributed by atoms with E-state index in [9.17, 15) is 22.8 Å². The second kappa shape index (κ2) is 7.06. The van der Waals surface area contributed by atoms with E-state index in [0.717, 1.165) is 17.7 Å². The molecule has 7 heteroatoms. The maximum absolute atomic E-state index is 12.6. The number of hydrogen-bond donors (Lipinski definition) is 2. The average Bonchev–Trinajstić information content (AvgIpc) is 3.44. The number of rotatable bonds is 5. The maximum atomic E-state index is 12.6. The molecule has 0 radical (unpaired) electrons. The van der Waals surface area contributed by atoms with Crippen LogP contribution in [0.2, 0.25) is 0 Å². The number of anilines is 1. The first-order valence-corrected chi connectivity index (χ1v) is 8.57. The Bertz CT molecular complexity index is 829. The highest BCUT2D eigenvalue weighted by molar-refractivity contribution is 6.13. The van der Waals surface area contributed by atoms with Crippen molar-refractivity contribution in [3.63, 3.8) is 0 Å². The molecular formula is C20H19F3N2O2. The molecule has 1 saturated carbocycles. The quantitative estimate of drug-likeness (QED) is 0.765. The van der Waals surface area contributed by atoms with Crippen molar-refractivity contribution in [1.82, 2.24) is 5.32 Å². The maximum Gasteiger partial charge on any atom is 0.416 e. The van der Waals surface area contributed by atoms with Gasteiger partial charge in [0.1, 0.15) is 5.41 Å². The molecule has 3 rings (SSSR count). The van der Waals surface area contributed by atoms with Gasteiger partial charge in [-0.05, 0) is 49.6 Å². The third kappa shape index (κ3) is 4.13. The molecule has 0 saturated heterocycles. The van der Waals surface area contributed by atoms with Crippen molar-refractivity contribution in [2.24, 2.45) is 5.41 Å². The number of carbonyl (C=O) groups is 2. The second-order valence-electron chi connectivity index (χ2n) is 6.72. The Morgan fingerprint density at radius 1 is 0.963 bits per heavy atom. The molecule has 4 nitrogen and oxygen atoms in total. The van der Waals surface area contributed by atoms with Crippen LogP contribution in [0.1, 0.15) is 36.9 Å². The summed E-state index contributed by atoms with van der Waals surface area (Å²) >= 11 is 0. The van der Waals surface area contributed by atoms with Gasteiger partial charge in [0.25, 0.3) is 0 Å². The fraction of sp³-hybridized carbons (Fsp3) is 0.300. The van der Waals surface area contributed by atoms with Gasteiger partial charge in [0.05, 0.1) is 11.6 Å². The lowest BCUT2D eigenvalue weighted by atomic mass is 10.0. The second-order valence-corrected chi connectivity index (χ2v) is 6.72. The number of alkyl halides is 3. The zero-order chi connectivity index (χ0) is 19.7. The van der Waals surface area contributed by atoms with E-state index in [1.807, 2.05) is 37.3 Å². The van der Waals surface area contributed by atoms with E-state index < -0.39 is 23.1 Å². The minimum atomic E-state index is -4.44. The lowest BCUT2D eigenvalue weighted by molar-refractivity contribution is -0.137. The molecule has 1 atom stereocenters. The molecule has 0 aromatic heterocycles. The van der Waals surface area contributed by atoms with Gasteiger partial charge >= 0.3 is 6.18 Å². The molecule has 1 aliphatic carbocycles. The van der Waals surface area contributed by atoms with Crippen LogP contribution in [0.5, 0.6) is 0 Å². The van der Waals surface area contributed by atoms with Gasteiger partial charge < -0.3 is 10.6 Å². The highest BCUT2D eigenvalue weighted by Gasteiger charge is 2.56. The highest BCUT2D eigenvalue weighted by atomic mass is 19.4. The summed E-state index contributed by atoms with van der Waals surface area (Å²) in [5.41, 5.74) is -0.810. The predicted octanol–water partition coefficient (Wildman–Crippen LogP) is 4.30. The molecule has 2 aromatic rings. The van der Waals surface area contributed by atoms with Gasteiger partial charge in [0, 0.05) is 5.69 Å². The first-order valence-electron chi connectivity index (χ1n) is 8.57. The fourth-order valence-electron chi connectivity index (χ4n) is 2.84. The third-order valence-electron chi connectivity index (χ3n) is 4.74. The monoisotopic (exact) mass is 376 g/mol. The molecule has 2 N–H and O–H groups in total. The van der Waals surface area contributed by atoms with E-state index in [-0.39, 0.29) is 17.6 Å². The topological polar surface area (TPSA) is 58.2 Å². The molecule has 1 unspecified atom stereocenters. The molecule has 0 bridgehead atoms. The number of benzene rings is 2. The summed E-state index contributed by atoms with van der Waals surface area (Å²) in [5, 5.41) is 5.40. The Balaban J connectivity index is 1.64. The minimum absolute atomic E-state index is 0.225. The van der Waals surface area contributed by atoms with E-state index in [1.54, 1.807) is 0 Å². The van der Waals surface area contributed by atoms with Crippen LogP contribution in [0.4, 0.5) is 18.9 Å². The van der Waals surface area contributed by atoms with E-state index >= 15 is 0 Å². The SMILES string of the molecule is CC(NC(=O)C1(C(=O)Nc2ccc(C(F)(F)F)cc2)CC1)c1ccccc1. The van der Waals surface area contributed by atoms with Gasteiger partial charge in [-0.2, -0.15) is 13.2 Å². The molecule has 0 spiro atoms. The van der Waals surface area contributed by atoms with E-state index in [0.29, 0.717) is 12.8 Å². The van der Waals surface area contributed by atoms with Crippen LogP contribution in [-0.4, -0.2) is 11.8 Å². The van der Waals surface area contributed by atoms with Gasteiger partial charge in [-0.1, -0.05) is 30.3 Å². The summed E-state index contributed by atoms with van der Waals surface area (Å²) in [4.78, 5) is 25.2. The standard InChI is InChI=1S/C20H19F3N2O2/c1-13(14-5-3-2-4-6-14)24-17(26)19(11-12-19)18(27)25-16-9-7-15(8-10-16)20(21,22)23/h2-10,13H,11-12H2,1H3,(H,24,26)(H,25,27). The number of amides is 2. The summed E-state index contributed by atoms with van der Waals surface area (Å²) < 4.78 is 37.8. The van der Waals surface area contributed by atoms with Crippen molar-refractivity contribution in [3.05, 3.63) is 65.7 Å². The number of nitrogens with one attached hydrogen (secondary N) is 2. The molecule has 2 aromatic carbocycles. The summed E-state index contributed by atoms with van der Waals surface area (Å²) in [6.07, 6.45) is -3.62. The lowest BCUT2D eigenvalue weighted by Gasteiger charge is -2.20. The van der Waals surface area contributed by atoms with Crippen LogP contribution in [0.15, 0.2) is 54.6 Å². The van der Waals surface area contributed by atoms with Gasteiger partial charge in [-0.3, -0.25) is 9.59 Å². The fourth-order valence-corrected chi connectivity index (χ4v) is 2.84. The Kier molecular flexibility index (Phi) is 4.95.